The molecule has 0 aliphatic heterocycles. The van der Waals surface area contributed by atoms with Gasteiger partial charge in [-0.1, -0.05) is 6.92 Å². The average molecular weight is 309 g/mol. The number of hydrogen-bond acceptors (Lipinski definition) is 5. The fourth-order valence-corrected chi connectivity index (χ4v) is 3.56. The van der Waals surface area contributed by atoms with Gasteiger partial charge in [0.1, 0.15) is 10.7 Å². The largest absolute Gasteiger partial charge is 0.392 e. The van der Waals surface area contributed by atoms with Gasteiger partial charge in [0.15, 0.2) is 0 Å². The van der Waals surface area contributed by atoms with E-state index in [0.717, 1.165) is 28.2 Å². The van der Waals surface area contributed by atoms with Gasteiger partial charge in [-0.3, -0.25) is 9.69 Å². The van der Waals surface area contributed by atoms with Crippen molar-refractivity contribution in [2.75, 3.05) is 13.1 Å². The maximum atomic E-state index is 12.2. The third-order valence-corrected chi connectivity index (χ3v) is 4.62. The second kappa shape index (κ2) is 6.68. The molecule has 5 nitrogen and oxygen atoms in total. The van der Waals surface area contributed by atoms with Crippen LogP contribution in [-0.2, 0) is 6.54 Å². The van der Waals surface area contributed by atoms with E-state index in [1.165, 1.54) is 0 Å². The van der Waals surface area contributed by atoms with Crippen molar-refractivity contribution in [1.82, 2.24) is 14.9 Å². The highest BCUT2D eigenvalue weighted by atomic mass is 32.1. The van der Waals surface area contributed by atoms with Gasteiger partial charge in [-0.2, -0.15) is 0 Å². The first-order chi connectivity index (χ1) is 9.92. The van der Waals surface area contributed by atoms with E-state index in [1.807, 2.05) is 13.8 Å². The minimum absolute atomic E-state index is 0.0645. The van der Waals surface area contributed by atoms with Crippen LogP contribution in [-0.4, -0.2) is 39.2 Å². The normalized spacial score (nSPS) is 13.2. The zero-order valence-corrected chi connectivity index (χ0v) is 13.9. The topological polar surface area (TPSA) is 69.2 Å². The fraction of sp³-hybridized carbons (Fsp3) is 0.600. The Morgan fingerprint density at radius 2 is 2.14 bits per heavy atom. The van der Waals surface area contributed by atoms with Gasteiger partial charge >= 0.3 is 0 Å². The van der Waals surface area contributed by atoms with Gasteiger partial charge in [0, 0.05) is 11.4 Å². The molecule has 2 N–H and O–H groups in total. The van der Waals surface area contributed by atoms with Crippen LogP contribution in [0.3, 0.4) is 0 Å². The van der Waals surface area contributed by atoms with Crippen LogP contribution in [0.2, 0.25) is 0 Å². The van der Waals surface area contributed by atoms with E-state index in [0.29, 0.717) is 24.3 Å². The number of nitrogens with zero attached hydrogens (tertiary/aromatic N) is 2. The second-order valence-corrected chi connectivity index (χ2v) is 6.76. The third-order valence-electron chi connectivity index (χ3n) is 3.52. The predicted molar refractivity (Wildman–Crippen MR) is 87.0 cm³/mol. The molecule has 0 fully saturated rings. The lowest BCUT2D eigenvalue weighted by Crippen LogP contribution is -2.32. The van der Waals surface area contributed by atoms with Gasteiger partial charge in [-0.15, -0.1) is 11.3 Å². The fourth-order valence-electron chi connectivity index (χ4n) is 2.51. The maximum absolute atomic E-state index is 12.2. The number of rotatable bonds is 6. The van der Waals surface area contributed by atoms with Crippen molar-refractivity contribution in [3.63, 3.8) is 0 Å². The number of aromatic nitrogens is 2. The molecule has 0 spiro atoms. The summed E-state index contributed by atoms with van der Waals surface area (Å²) in [5.41, 5.74) is 0.954. The summed E-state index contributed by atoms with van der Waals surface area (Å²) in [7, 11) is 0. The van der Waals surface area contributed by atoms with Crippen LogP contribution in [0.25, 0.3) is 10.2 Å². The first-order valence-corrected chi connectivity index (χ1v) is 8.13. The summed E-state index contributed by atoms with van der Waals surface area (Å²) in [6.07, 6.45) is 0.606. The highest BCUT2D eigenvalue weighted by molar-refractivity contribution is 7.18. The molecule has 0 saturated heterocycles. The van der Waals surface area contributed by atoms with E-state index < -0.39 is 6.10 Å². The molecule has 0 amide bonds. The van der Waals surface area contributed by atoms with E-state index in [2.05, 4.69) is 21.8 Å². The van der Waals surface area contributed by atoms with Gasteiger partial charge in [0.25, 0.3) is 5.56 Å². The van der Waals surface area contributed by atoms with Crippen LogP contribution in [0.4, 0.5) is 0 Å². The molecule has 2 heterocycles. The third kappa shape index (κ3) is 3.70. The Kier molecular flexibility index (Phi) is 5.13. The summed E-state index contributed by atoms with van der Waals surface area (Å²) >= 11 is 1.56. The first-order valence-electron chi connectivity index (χ1n) is 7.31. The van der Waals surface area contributed by atoms with Crippen molar-refractivity contribution in [2.45, 2.75) is 46.8 Å². The van der Waals surface area contributed by atoms with Gasteiger partial charge in [-0.05, 0) is 39.3 Å². The molecule has 2 aromatic rings. The number of hydrogen-bond donors (Lipinski definition) is 2. The van der Waals surface area contributed by atoms with Gasteiger partial charge < -0.3 is 10.1 Å². The van der Waals surface area contributed by atoms with Crippen molar-refractivity contribution in [1.29, 1.82) is 0 Å². The van der Waals surface area contributed by atoms with Crippen molar-refractivity contribution < 1.29 is 5.11 Å². The zero-order valence-electron chi connectivity index (χ0n) is 13.1. The van der Waals surface area contributed by atoms with Crippen molar-refractivity contribution in [3.05, 3.63) is 26.6 Å². The molecule has 0 radical (unpaired) electrons. The molecule has 2 aromatic heterocycles. The Morgan fingerprint density at radius 1 is 1.43 bits per heavy atom. The molecule has 0 aliphatic rings. The lowest BCUT2D eigenvalue weighted by molar-refractivity contribution is 0.121. The summed E-state index contributed by atoms with van der Waals surface area (Å²) in [5, 5.41) is 10.3. The standard InChI is InChI=1S/C15H23N3O2S/c1-5-6-18(7-9(2)19)8-12-16-14(20)13-10(3)11(4)21-15(13)17-12/h9,19H,5-8H2,1-4H3,(H,16,17,20). The van der Waals surface area contributed by atoms with Crippen molar-refractivity contribution >= 4 is 21.6 Å². The van der Waals surface area contributed by atoms with E-state index in [4.69, 9.17) is 0 Å². The molecule has 0 aliphatic carbocycles. The Bertz CT molecular complexity index is 675. The monoisotopic (exact) mass is 309 g/mol. The lowest BCUT2D eigenvalue weighted by atomic mass is 10.2. The summed E-state index contributed by atoms with van der Waals surface area (Å²) in [6.45, 7) is 9.85. The summed E-state index contributed by atoms with van der Waals surface area (Å²) in [5.74, 6) is 0.669. The number of H-pyrrole nitrogens is 1. The Labute approximate surface area is 128 Å². The van der Waals surface area contributed by atoms with Gasteiger partial charge in [-0.25, -0.2) is 4.98 Å². The Hall–Kier alpha value is -1.24. The van der Waals surface area contributed by atoms with Crippen LogP contribution in [0.15, 0.2) is 4.79 Å². The number of thiophene rings is 1. The zero-order chi connectivity index (χ0) is 15.6. The molecule has 116 valence electrons. The highest BCUT2D eigenvalue weighted by Crippen LogP contribution is 2.25. The summed E-state index contributed by atoms with van der Waals surface area (Å²) < 4.78 is 0. The molecule has 0 bridgehead atoms. The van der Waals surface area contributed by atoms with Crippen LogP contribution in [0.1, 0.15) is 36.5 Å². The minimum Gasteiger partial charge on any atom is -0.392 e. The summed E-state index contributed by atoms with van der Waals surface area (Å²) in [4.78, 5) is 23.8. The lowest BCUT2D eigenvalue weighted by Gasteiger charge is -2.22. The predicted octanol–water partition coefficient (Wildman–Crippen LogP) is 2.19. The molecule has 21 heavy (non-hydrogen) atoms. The number of nitrogens with one attached hydrogen (secondary N) is 1. The van der Waals surface area contributed by atoms with E-state index >= 15 is 0 Å². The molecular formula is C15H23N3O2S. The van der Waals surface area contributed by atoms with Crippen molar-refractivity contribution in [2.24, 2.45) is 0 Å². The molecule has 2 rings (SSSR count). The van der Waals surface area contributed by atoms with E-state index in [-0.39, 0.29) is 5.56 Å². The van der Waals surface area contributed by atoms with E-state index in [1.54, 1.807) is 18.3 Å². The number of fused-ring (bicyclic) bond motifs is 1. The number of aliphatic hydroxyl groups is 1. The van der Waals surface area contributed by atoms with Crippen LogP contribution >= 0.6 is 11.3 Å². The molecular weight excluding hydrogens is 286 g/mol. The van der Waals surface area contributed by atoms with Crippen molar-refractivity contribution in [3.8, 4) is 0 Å². The molecule has 6 heteroatoms. The smallest absolute Gasteiger partial charge is 0.259 e. The van der Waals surface area contributed by atoms with Crippen LogP contribution in [0.5, 0.6) is 0 Å². The molecule has 0 saturated carbocycles. The van der Waals surface area contributed by atoms with Gasteiger partial charge in [0.05, 0.1) is 18.0 Å². The number of aryl methyl sites for hydroxylation is 2. The quantitative estimate of drug-likeness (QED) is 0.858. The minimum atomic E-state index is -0.391. The highest BCUT2D eigenvalue weighted by Gasteiger charge is 2.14. The average Bonchev–Trinajstić information content (AvgIpc) is 2.64. The maximum Gasteiger partial charge on any atom is 0.259 e. The molecule has 1 atom stereocenters. The van der Waals surface area contributed by atoms with Gasteiger partial charge in [0.2, 0.25) is 0 Å². The molecule has 1 unspecified atom stereocenters. The first kappa shape index (κ1) is 16.1. The Morgan fingerprint density at radius 3 is 2.76 bits per heavy atom. The SMILES string of the molecule is CCCN(Cc1nc2sc(C)c(C)c2c(=O)[nH]1)CC(C)O. The van der Waals surface area contributed by atoms with Crippen LogP contribution in [0, 0.1) is 13.8 Å². The molecule has 0 aromatic carbocycles. The number of aromatic amines is 1. The number of aliphatic hydroxyl groups excluding tert-OH is 1. The Balaban J connectivity index is 2.31. The van der Waals surface area contributed by atoms with Crippen LogP contribution < -0.4 is 5.56 Å². The summed E-state index contributed by atoms with van der Waals surface area (Å²) in [6, 6.07) is 0. The second-order valence-electron chi connectivity index (χ2n) is 5.56. The van der Waals surface area contributed by atoms with E-state index in [9.17, 15) is 9.90 Å².